The molecule has 9 heteroatoms. The summed E-state index contributed by atoms with van der Waals surface area (Å²) in [5.41, 5.74) is 1.81. The van der Waals surface area contributed by atoms with Gasteiger partial charge in [0.1, 0.15) is 0 Å². The molecule has 3 N–H and O–H groups in total. The molecule has 8 nitrogen and oxygen atoms in total. The predicted molar refractivity (Wildman–Crippen MR) is 150 cm³/mol. The summed E-state index contributed by atoms with van der Waals surface area (Å²) in [6, 6.07) is 15.4. The van der Waals surface area contributed by atoms with Crippen LogP contribution in [0.15, 0.2) is 54.6 Å². The number of hydrogen-bond donors (Lipinski definition) is 3. The first-order valence-corrected chi connectivity index (χ1v) is 14.9. The number of rotatable bonds is 11. The largest absolute Gasteiger partial charge is 0.391 e. The molecule has 0 aliphatic carbocycles. The first kappa shape index (κ1) is 29.6. The molecule has 2 aromatic rings. The Bertz CT molecular complexity index is 1190. The van der Waals surface area contributed by atoms with Gasteiger partial charge >= 0.3 is 0 Å². The summed E-state index contributed by atoms with van der Waals surface area (Å²) in [4.78, 5) is 25.9. The number of nitrogens with one attached hydrogen (secondary N) is 2. The minimum Gasteiger partial charge on any atom is -0.391 e. The second kappa shape index (κ2) is 12.8. The van der Waals surface area contributed by atoms with Gasteiger partial charge < -0.3 is 15.7 Å². The maximum Gasteiger partial charge on any atom is 0.251 e. The first-order valence-electron chi connectivity index (χ1n) is 13.3. The van der Waals surface area contributed by atoms with E-state index < -0.39 is 34.0 Å². The minimum absolute atomic E-state index is 0.0940. The van der Waals surface area contributed by atoms with Crippen molar-refractivity contribution in [1.82, 2.24) is 10.6 Å². The van der Waals surface area contributed by atoms with Gasteiger partial charge in [-0.15, -0.1) is 0 Å². The normalized spacial score (nSPS) is 17.4. The van der Waals surface area contributed by atoms with Gasteiger partial charge in [0.25, 0.3) is 5.91 Å². The number of aliphatic hydroxyl groups is 1. The standard InChI is InChI=1S/C29H41N3O5S/c1-21(27(34)30-15-14-29(2,3)4)18-26(33)25(19-22-10-6-5-7-11-22)31-28(35)23-12-8-13-24(20-23)32-16-9-17-38(32,36)37/h5-8,10-13,20-21,25-26,33H,9,14-19H2,1-4H3,(H,30,34)(H,31,35)/t21-,25+,26+/m1/s1. The molecular weight excluding hydrogens is 502 g/mol. The Labute approximate surface area is 226 Å². The zero-order chi connectivity index (χ0) is 27.9. The zero-order valence-corrected chi connectivity index (χ0v) is 23.6. The number of hydrogen-bond acceptors (Lipinski definition) is 5. The lowest BCUT2D eigenvalue weighted by Crippen LogP contribution is -2.46. The Morgan fingerprint density at radius 3 is 2.42 bits per heavy atom. The summed E-state index contributed by atoms with van der Waals surface area (Å²) in [6.07, 6.45) is 0.992. The molecule has 1 fully saturated rings. The van der Waals surface area contributed by atoms with Crippen LogP contribution in [0.5, 0.6) is 0 Å². The van der Waals surface area contributed by atoms with Crippen LogP contribution in [0.4, 0.5) is 5.69 Å². The van der Waals surface area contributed by atoms with Crippen LogP contribution >= 0.6 is 0 Å². The molecule has 0 saturated carbocycles. The van der Waals surface area contributed by atoms with Gasteiger partial charge in [0, 0.05) is 24.6 Å². The van der Waals surface area contributed by atoms with Crippen molar-refractivity contribution in [3.05, 3.63) is 65.7 Å². The highest BCUT2D eigenvalue weighted by atomic mass is 32.2. The van der Waals surface area contributed by atoms with E-state index in [2.05, 4.69) is 31.4 Å². The molecule has 1 aliphatic rings. The topological polar surface area (TPSA) is 116 Å². The van der Waals surface area contributed by atoms with E-state index in [4.69, 9.17) is 0 Å². The van der Waals surface area contributed by atoms with Gasteiger partial charge in [-0.3, -0.25) is 13.9 Å². The Balaban J connectivity index is 1.71. The number of benzene rings is 2. The van der Waals surface area contributed by atoms with Crippen LogP contribution in [0.2, 0.25) is 0 Å². The molecule has 3 atom stereocenters. The van der Waals surface area contributed by atoms with Crippen LogP contribution < -0.4 is 14.9 Å². The fraction of sp³-hybridized carbons (Fsp3) is 0.517. The molecule has 0 bridgehead atoms. The van der Waals surface area contributed by atoms with Gasteiger partial charge in [0.2, 0.25) is 15.9 Å². The smallest absolute Gasteiger partial charge is 0.251 e. The van der Waals surface area contributed by atoms with Crippen molar-refractivity contribution in [2.24, 2.45) is 11.3 Å². The third-order valence-corrected chi connectivity index (χ3v) is 8.66. The Hall–Kier alpha value is -2.91. The van der Waals surface area contributed by atoms with Gasteiger partial charge in [-0.25, -0.2) is 8.42 Å². The fourth-order valence-corrected chi connectivity index (χ4v) is 6.06. The van der Waals surface area contributed by atoms with Crippen LogP contribution in [0, 0.1) is 11.3 Å². The van der Waals surface area contributed by atoms with E-state index in [1.807, 2.05) is 30.3 Å². The summed E-state index contributed by atoms with van der Waals surface area (Å²) in [5, 5.41) is 17.0. The molecule has 1 aliphatic heterocycles. The van der Waals surface area contributed by atoms with Crippen molar-refractivity contribution in [3.63, 3.8) is 0 Å². The van der Waals surface area contributed by atoms with Gasteiger partial charge in [0.05, 0.1) is 23.6 Å². The minimum atomic E-state index is -3.37. The SMILES string of the molecule is C[C@H](C[C@H](O)[C@H](Cc1ccccc1)NC(=O)c1cccc(N2CCCS2(=O)=O)c1)C(=O)NCCC(C)(C)C. The van der Waals surface area contributed by atoms with Gasteiger partial charge in [-0.05, 0) is 54.9 Å². The van der Waals surface area contributed by atoms with E-state index in [9.17, 15) is 23.1 Å². The number of nitrogens with zero attached hydrogens (tertiary/aromatic N) is 1. The molecule has 0 radical (unpaired) electrons. The van der Waals surface area contributed by atoms with Gasteiger partial charge in [-0.1, -0.05) is 64.1 Å². The van der Waals surface area contributed by atoms with Crippen molar-refractivity contribution < 1.29 is 23.1 Å². The Morgan fingerprint density at radius 2 is 1.79 bits per heavy atom. The van der Waals surface area contributed by atoms with E-state index in [0.717, 1.165) is 12.0 Å². The van der Waals surface area contributed by atoms with Crippen molar-refractivity contribution >= 4 is 27.5 Å². The van der Waals surface area contributed by atoms with Crippen LogP contribution in [-0.4, -0.2) is 56.3 Å². The van der Waals surface area contributed by atoms with Crippen LogP contribution in [0.25, 0.3) is 0 Å². The number of sulfonamides is 1. The molecule has 0 unspecified atom stereocenters. The van der Waals surface area contributed by atoms with Crippen LogP contribution in [0.3, 0.4) is 0 Å². The number of amides is 2. The third kappa shape index (κ3) is 8.56. The molecule has 0 spiro atoms. The van der Waals surface area contributed by atoms with Crippen molar-refractivity contribution in [1.29, 1.82) is 0 Å². The highest BCUT2D eigenvalue weighted by Crippen LogP contribution is 2.25. The molecule has 0 aromatic heterocycles. The average molecular weight is 544 g/mol. The maximum absolute atomic E-state index is 13.3. The maximum atomic E-state index is 13.3. The average Bonchev–Trinajstić information content (AvgIpc) is 3.22. The number of carbonyl (C=O) groups is 2. The van der Waals surface area contributed by atoms with Crippen LogP contribution in [-0.2, 0) is 21.2 Å². The van der Waals surface area contributed by atoms with Crippen LogP contribution in [0.1, 0.15) is 62.9 Å². The summed E-state index contributed by atoms with van der Waals surface area (Å²) < 4.78 is 26.0. The first-order chi connectivity index (χ1) is 17.9. The zero-order valence-electron chi connectivity index (χ0n) is 22.8. The van der Waals surface area contributed by atoms with E-state index in [1.165, 1.54) is 4.31 Å². The van der Waals surface area contributed by atoms with Crippen molar-refractivity contribution in [3.8, 4) is 0 Å². The number of aliphatic hydroxyl groups excluding tert-OH is 1. The monoisotopic (exact) mass is 543 g/mol. The predicted octanol–water partition coefficient (Wildman–Crippen LogP) is 3.51. The van der Waals surface area contributed by atoms with Crippen molar-refractivity contribution in [2.75, 3.05) is 23.1 Å². The lowest BCUT2D eigenvalue weighted by atomic mass is 9.91. The summed E-state index contributed by atoms with van der Waals surface area (Å²) in [6.45, 7) is 9.07. The van der Waals surface area contributed by atoms with Gasteiger partial charge in [-0.2, -0.15) is 0 Å². The highest BCUT2D eigenvalue weighted by Gasteiger charge is 2.30. The molecule has 208 valence electrons. The third-order valence-electron chi connectivity index (χ3n) is 6.79. The second-order valence-electron chi connectivity index (χ2n) is 11.4. The molecule has 1 heterocycles. The summed E-state index contributed by atoms with van der Waals surface area (Å²) >= 11 is 0. The highest BCUT2D eigenvalue weighted by molar-refractivity contribution is 7.93. The van der Waals surface area contributed by atoms with E-state index >= 15 is 0 Å². The molecule has 2 amide bonds. The lowest BCUT2D eigenvalue weighted by Gasteiger charge is -2.27. The second-order valence-corrected chi connectivity index (χ2v) is 13.4. The molecule has 3 rings (SSSR count). The van der Waals surface area contributed by atoms with E-state index in [0.29, 0.717) is 37.2 Å². The van der Waals surface area contributed by atoms with E-state index in [-0.39, 0.29) is 23.5 Å². The molecule has 38 heavy (non-hydrogen) atoms. The molecule has 2 aromatic carbocycles. The lowest BCUT2D eigenvalue weighted by molar-refractivity contribution is -0.125. The number of carbonyl (C=O) groups excluding carboxylic acids is 2. The molecule has 1 saturated heterocycles. The Morgan fingerprint density at radius 1 is 1.08 bits per heavy atom. The van der Waals surface area contributed by atoms with E-state index in [1.54, 1.807) is 31.2 Å². The summed E-state index contributed by atoms with van der Waals surface area (Å²) in [5.74, 6) is -0.885. The fourth-order valence-electron chi connectivity index (χ4n) is 4.50. The quantitative estimate of drug-likeness (QED) is 0.401. The van der Waals surface area contributed by atoms with Gasteiger partial charge in [0.15, 0.2) is 0 Å². The summed E-state index contributed by atoms with van der Waals surface area (Å²) in [7, 11) is -3.37. The Kier molecular flexibility index (Phi) is 9.95. The molecular formula is C29H41N3O5S. The van der Waals surface area contributed by atoms with Crippen molar-refractivity contribution in [2.45, 2.75) is 65.5 Å². The number of anilines is 1.